The van der Waals surface area contributed by atoms with E-state index in [0.717, 1.165) is 57.2 Å². The lowest BCUT2D eigenvalue weighted by atomic mass is 10.2. The maximum absolute atomic E-state index is 4.84. The van der Waals surface area contributed by atoms with Gasteiger partial charge < -0.3 is 14.8 Å². The van der Waals surface area contributed by atoms with Crippen LogP contribution >= 0.6 is 24.0 Å². The summed E-state index contributed by atoms with van der Waals surface area (Å²) < 4.78 is 2.20. The summed E-state index contributed by atoms with van der Waals surface area (Å²) in [6, 6.07) is 8.63. The molecule has 0 saturated carbocycles. The molecule has 0 spiro atoms. The largest absolute Gasteiger partial charge is 0.356 e. The first-order valence-electron chi connectivity index (χ1n) is 8.91. The average molecular weight is 453 g/mol. The van der Waals surface area contributed by atoms with Gasteiger partial charge in [-0.2, -0.15) is 0 Å². The van der Waals surface area contributed by atoms with E-state index in [9.17, 15) is 0 Å². The fraction of sp³-hybridized carbons (Fsp3) is 0.474. The maximum Gasteiger partial charge on any atom is 0.198 e. The first-order valence-corrected chi connectivity index (χ1v) is 8.91. The van der Waals surface area contributed by atoms with Crippen LogP contribution in [0.2, 0.25) is 0 Å². The monoisotopic (exact) mass is 453 g/mol. The topological polar surface area (TPSA) is 45.5 Å². The normalized spacial score (nSPS) is 13.5. The summed E-state index contributed by atoms with van der Waals surface area (Å²) in [5.74, 6) is 2.10. The Morgan fingerprint density at radius 3 is 2.88 bits per heavy atom. The lowest BCUT2D eigenvalue weighted by Crippen LogP contribution is -2.40. The quantitative estimate of drug-likeness (QED) is 0.315. The molecule has 1 aromatic carbocycles. The van der Waals surface area contributed by atoms with Gasteiger partial charge in [-0.25, -0.2) is 4.98 Å². The summed E-state index contributed by atoms with van der Waals surface area (Å²) in [5.41, 5.74) is 2.71. The molecular weight excluding hydrogens is 425 g/mol. The Labute approximate surface area is 167 Å². The zero-order valence-corrected chi connectivity index (χ0v) is 17.4. The molecule has 0 saturated heterocycles. The van der Waals surface area contributed by atoms with Crippen LogP contribution in [-0.2, 0) is 13.0 Å². The van der Waals surface area contributed by atoms with Gasteiger partial charge in [-0.3, -0.25) is 4.99 Å². The zero-order chi connectivity index (χ0) is 16.8. The SMILES string of the molecule is CCNC(=NCCCCn1ccnc1C)N1CCc2ccccc21.I. The molecule has 5 nitrogen and oxygen atoms in total. The molecule has 0 bridgehead atoms. The van der Waals surface area contributed by atoms with Crippen molar-refractivity contribution >= 4 is 35.6 Å². The van der Waals surface area contributed by atoms with Crippen LogP contribution in [0, 0.1) is 6.92 Å². The lowest BCUT2D eigenvalue weighted by Gasteiger charge is -2.22. The number of guanidine groups is 1. The van der Waals surface area contributed by atoms with Crippen LogP contribution in [-0.4, -0.2) is 35.1 Å². The van der Waals surface area contributed by atoms with Crippen molar-refractivity contribution in [3.05, 3.63) is 48.0 Å². The number of fused-ring (bicyclic) bond motifs is 1. The van der Waals surface area contributed by atoms with Crippen molar-refractivity contribution in [2.45, 2.75) is 39.7 Å². The van der Waals surface area contributed by atoms with Gasteiger partial charge in [0.05, 0.1) is 0 Å². The predicted molar refractivity (Wildman–Crippen MR) is 115 cm³/mol. The Morgan fingerprint density at radius 1 is 1.28 bits per heavy atom. The number of anilines is 1. The first kappa shape index (κ1) is 19.8. The van der Waals surface area contributed by atoms with Crippen molar-refractivity contribution in [2.75, 3.05) is 24.5 Å². The first-order chi connectivity index (χ1) is 11.8. The molecule has 0 atom stereocenters. The van der Waals surface area contributed by atoms with E-state index >= 15 is 0 Å². The van der Waals surface area contributed by atoms with E-state index in [4.69, 9.17) is 4.99 Å². The molecule has 0 aliphatic carbocycles. The number of unbranched alkanes of at least 4 members (excludes halogenated alkanes) is 1. The van der Waals surface area contributed by atoms with E-state index < -0.39 is 0 Å². The molecule has 1 aliphatic heterocycles. The van der Waals surface area contributed by atoms with Crippen molar-refractivity contribution in [2.24, 2.45) is 4.99 Å². The number of nitrogens with one attached hydrogen (secondary N) is 1. The summed E-state index contributed by atoms with van der Waals surface area (Å²) >= 11 is 0. The fourth-order valence-electron chi connectivity index (χ4n) is 3.17. The Bertz CT molecular complexity index is 695. The van der Waals surface area contributed by atoms with E-state index in [0.29, 0.717) is 0 Å². The number of halogens is 1. The van der Waals surface area contributed by atoms with Gasteiger partial charge in [0.1, 0.15) is 5.82 Å². The number of aryl methyl sites for hydroxylation is 2. The van der Waals surface area contributed by atoms with Crippen LogP contribution in [0.4, 0.5) is 5.69 Å². The van der Waals surface area contributed by atoms with Gasteiger partial charge >= 0.3 is 0 Å². The molecule has 136 valence electrons. The molecule has 2 heterocycles. The highest BCUT2D eigenvalue weighted by Crippen LogP contribution is 2.27. The van der Waals surface area contributed by atoms with Crippen molar-refractivity contribution in [3.63, 3.8) is 0 Å². The van der Waals surface area contributed by atoms with E-state index in [1.807, 2.05) is 19.3 Å². The summed E-state index contributed by atoms with van der Waals surface area (Å²) in [4.78, 5) is 11.4. The number of hydrogen-bond donors (Lipinski definition) is 1. The zero-order valence-electron chi connectivity index (χ0n) is 15.1. The minimum absolute atomic E-state index is 0. The fourth-order valence-corrected chi connectivity index (χ4v) is 3.17. The number of nitrogens with zero attached hydrogens (tertiary/aromatic N) is 4. The number of rotatable bonds is 6. The highest BCUT2D eigenvalue weighted by molar-refractivity contribution is 14.0. The summed E-state index contributed by atoms with van der Waals surface area (Å²) in [7, 11) is 0. The molecule has 1 N–H and O–H groups in total. The second-order valence-corrected chi connectivity index (χ2v) is 6.14. The number of hydrogen-bond acceptors (Lipinski definition) is 2. The highest BCUT2D eigenvalue weighted by Gasteiger charge is 2.22. The van der Waals surface area contributed by atoms with Crippen molar-refractivity contribution < 1.29 is 0 Å². The second-order valence-electron chi connectivity index (χ2n) is 6.14. The molecular formula is C19H28IN5. The average Bonchev–Trinajstić information content (AvgIpc) is 3.20. The smallest absolute Gasteiger partial charge is 0.198 e. The van der Waals surface area contributed by atoms with Crippen molar-refractivity contribution in [1.29, 1.82) is 0 Å². The van der Waals surface area contributed by atoms with Crippen molar-refractivity contribution in [3.8, 4) is 0 Å². The molecule has 0 unspecified atom stereocenters. The van der Waals surface area contributed by atoms with Gasteiger partial charge in [0, 0.05) is 44.3 Å². The molecule has 25 heavy (non-hydrogen) atoms. The van der Waals surface area contributed by atoms with E-state index in [1.165, 1.54) is 11.3 Å². The third-order valence-electron chi connectivity index (χ3n) is 4.47. The minimum Gasteiger partial charge on any atom is -0.356 e. The molecule has 0 radical (unpaired) electrons. The highest BCUT2D eigenvalue weighted by atomic mass is 127. The van der Waals surface area contributed by atoms with Gasteiger partial charge in [0.15, 0.2) is 5.96 Å². The van der Waals surface area contributed by atoms with E-state index in [-0.39, 0.29) is 24.0 Å². The molecule has 0 fully saturated rings. The molecule has 1 aliphatic rings. The summed E-state index contributed by atoms with van der Waals surface area (Å²) in [6.07, 6.45) is 7.21. The number of benzene rings is 1. The van der Waals surface area contributed by atoms with Crippen LogP contribution in [0.1, 0.15) is 31.2 Å². The Hall–Kier alpha value is -1.57. The van der Waals surface area contributed by atoms with Crippen LogP contribution in [0.3, 0.4) is 0 Å². The number of imidazole rings is 1. The van der Waals surface area contributed by atoms with E-state index in [2.05, 4.69) is 51.0 Å². The third kappa shape index (κ3) is 4.96. The maximum atomic E-state index is 4.84. The molecule has 1 aromatic heterocycles. The van der Waals surface area contributed by atoms with Crippen LogP contribution in [0.15, 0.2) is 41.7 Å². The number of para-hydroxylation sites is 1. The predicted octanol–water partition coefficient (Wildman–Crippen LogP) is 3.62. The number of aromatic nitrogens is 2. The lowest BCUT2D eigenvalue weighted by molar-refractivity contribution is 0.601. The third-order valence-corrected chi connectivity index (χ3v) is 4.47. The van der Waals surface area contributed by atoms with Gasteiger partial charge in [-0.05, 0) is 44.7 Å². The Balaban J connectivity index is 0.00000225. The van der Waals surface area contributed by atoms with Gasteiger partial charge in [-0.15, -0.1) is 24.0 Å². The van der Waals surface area contributed by atoms with Crippen LogP contribution < -0.4 is 10.2 Å². The number of aliphatic imine (C=N–C) groups is 1. The molecule has 2 aromatic rings. The standard InChI is InChI=1S/C19H27N5.HI/c1-3-20-19(24-14-10-17-8-4-5-9-18(17)24)22-11-6-7-13-23-15-12-21-16(23)2;/h4-5,8-9,12,15H,3,6-7,10-11,13-14H2,1-2H3,(H,20,22);1H. The summed E-state index contributed by atoms with van der Waals surface area (Å²) in [5, 5.41) is 3.44. The molecule has 0 amide bonds. The van der Waals surface area contributed by atoms with Gasteiger partial charge in [0.25, 0.3) is 0 Å². The van der Waals surface area contributed by atoms with Crippen LogP contribution in [0.5, 0.6) is 0 Å². The van der Waals surface area contributed by atoms with E-state index in [1.54, 1.807) is 0 Å². The van der Waals surface area contributed by atoms with Gasteiger partial charge in [0.2, 0.25) is 0 Å². The molecule has 6 heteroatoms. The summed E-state index contributed by atoms with van der Waals surface area (Å²) in [6.45, 7) is 7.95. The van der Waals surface area contributed by atoms with Gasteiger partial charge in [-0.1, -0.05) is 18.2 Å². The Kier molecular flexibility index (Phi) is 7.74. The Morgan fingerprint density at radius 2 is 2.12 bits per heavy atom. The minimum atomic E-state index is 0. The molecule has 3 rings (SSSR count). The van der Waals surface area contributed by atoms with Crippen LogP contribution in [0.25, 0.3) is 0 Å². The second kappa shape index (κ2) is 9.79. The van der Waals surface area contributed by atoms with Crippen molar-refractivity contribution in [1.82, 2.24) is 14.9 Å².